The summed E-state index contributed by atoms with van der Waals surface area (Å²) in [5, 5.41) is 3.38. The summed E-state index contributed by atoms with van der Waals surface area (Å²) in [5.41, 5.74) is 2.50. The molecule has 0 saturated heterocycles. The van der Waals surface area contributed by atoms with Gasteiger partial charge in [-0.1, -0.05) is 31.2 Å². The van der Waals surface area contributed by atoms with Crippen LogP contribution in [-0.4, -0.2) is 39.6 Å². The molecule has 0 saturated carbocycles. The van der Waals surface area contributed by atoms with E-state index in [2.05, 4.69) is 17.4 Å². The molecule has 0 radical (unpaired) electrons. The first-order valence-electron chi connectivity index (χ1n) is 7.12. The average molecular weight is 297 g/mol. The highest BCUT2D eigenvalue weighted by Gasteiger charge is 2.28. The van der Waals surface area contributed by atoms with Crippen molar-refractivity contribution in [1.82, 2.24) is 5.32 Å². The minimum absolute atomic E-state index is 0.0381. The van der Waals surface area contributed by atoms with Crippen LogP contribution in [0.15, 0.2) is 24.3 Å². The van der Waals surface area contributed by atoms with E-state index in [4.69, 9.17) is 4.74 Å². The Morgan fingerprint density at radius 3 is 2.85 bits per heavy atom. The maximum absolute atomic E-state index is 11.4. The van der Waals surface area contributed by atoms with Crippen molar-refractivity contribution in [2.75, 3.05) is 25.2 Å². The molecule has 0 aromatic heterocycles. The number of hydrogen-bond acceptors (Lipinski definition) is 4. The van der Waals surface area contributed by atoms with Crippen LogP contribution in [0.1, 0.15) is 30.6 Å². The number of sulfone groups is 1. The molecule has 2 atom stereocenters. The minimum Gasteiger partial charge on any atom is -0.372 e. The normalized spacial score (nSPS) is 20.4. The molecule has 2 unspecified atom stereocenters. The highest BCUT2D eigenvalue weighted by atomic mass is 32.2. The van der Waals surface area contributed by atoms with E-state index in [1.807, 2.05) is 19.1 Å². The third-order valence-corrected chi connectivity index (χ3v) is 4.64. The molecule has 1 N–H and O–H groups in total. The van der Waals surface area contributed by atoms with Crippen molar-refractivity contribution in [1.29, 1.82) is 0 Å². The molecule has 2 rings (SSSR count). The van der Waals surface area contributed by atoms with E-state index < -0.39 is 9.84 Å². The first-order chi connectivity index (χ1) is 9.51. The fraction of sp³-hybridized carbons (Fsp3) is 0.600. The lowest BCUT2D eigenvalue weighted by atomic mass is 9.92. The van der Waals surface area contributed by atoms with Crippen LogP contribution in [0.4, 0.5) is 0 Å². The van der Waals surface area contributed by atoms with E-state index in [0.717, 1.165) is 13.0 Å². The Kier molecular flexibility index (Phi) is 5.18. The van der Waals surface area contributed by atoms with Crippen molar-refractivity contribution in [3.63, 3.8) is 0 Å². The van der Waals surface area contributed by atoms with Gasteiger partial charge in [0, 0.05) is 12.3 Å². The number of benzene rings is 1. The Bertz CT molecular complexity index is 542. The van der Waals surface area contributed by atoms with Crippen molar-refractivity contribution in [2.24, 2.45) is 0 Å². The molecule has 4 nitrogen and oxygen atoms in total. The van der Waals surface area contributed by atoms with E-state index in [1.165, 1.54) is 17.4 Å². The Balaban J connectivity index is 2.17. The third kappa shape index (κ3) is 4.04. The lowest BCUT2D eigenvalue weighted by Crippen LogP contribution is -2.39. The van der Waals surface area contributed by atoms with Gasteiger partial charge in [-0.25, -0.2) is 8.42 Å². The Hall–Kier alpha value is -0.910. The summed E-state index contributed by atoms with van der Waals surface area (Å²) >= 11 is 0. The third-order valence-electron chi connectivity index (χ3n) is 3.66. The van der Waals surface area contributed by atoms with Crippen molar-refractivity contribution >= 4 is 9.84 Å². The van der Waals surface area contributed by atoms with Crippen LogP contribution in [0.25, 0.3) is 0 Å². The predicted octanol–water partition coefficient (Wildman–Crippen LogP) is 1.71. The monoisotopic (exact) mass is 297 g/mol. The summed E-state index contributed by atoms with van der Waals surface area (Å²) in [5.74, 6) is 0.187. The largest absolute Gasteiger partial charge is 0.372 e. The Labute approximate surface area is 121 Å². The zero-order chi connectivity index (χ0) is 14.6. The molecular weight excluding hydrogens is 274 g/mol. The van der Waals surface area contributed by atoms with Crippen LogP contribution in [-0.2, 0) is 21.0 Å². The topological polar surface area (TPSA) is 55.4 Å². The van der Waals surface area contributed by atoms with Crippen molar-refractivity contribution in [3.05, 3.63) is 35.4 Å². The molecule has 1 aliphatic rings. The molecule has 112 valence electrons. The second kappa shape index (κ2) is 6.70. The van der Waals surface area contributed by atoms with Crippen LogP contribution in [0.5, 0.6) is 0 Å². The summed E-state index contributed by atoms with van der Waals surface area (Å²) in [6, 6.07) is 8.31. The number of nitrogens with one attached hydrogen (secondary N) is 1. The Morgan fingerprint density at radius 2 is 2.15 bits per heavy atom. The summed E-state index contributed by atoms with van der Waals surface area (Å²) in [4.78, 5) is 0. The summed E-state index contributed by atoms with van der Waals surface area (Å²) in [6.45, 7) is 3.53. The van der Waals surface area contributed by atoms with E-state index in [1.54, 1.807) is 0 Å². The van der Waals surface area contributed by atoms with Gasteiger partial charge in [0.15, 0.2) is 0 Å². The summed E-state index contributed by atoms with van der Waals surface area (Å²) < 4.78 is 28.7. The molecule has 0 amide bonds. The maximum Gasteiger partial charge on any atom is 0.147 e. The second-order valence-corrected chi connectivity index (χ2v) is 7.58. The van der Waals surface area contributed by atoms with Crippen LogP contribution in [0.2, 0.25) is 0 Å². The van der Waals surface area contributed by atoms with Gasteiger partial charge in [0.05, 0.1) is 18.5 Å². The highest BCUT2D eigenvalue weighted by Crippen LogP contribution is 2.30. The number of rotatable bonds is 6. The summed E-state index contributed by atoms with van der Waals surface area (Å²) in [6.07, 6.45) is 2.73. The highest BCUT2D eigenvalue weighted by molar-refractivity contribution is 7.90. The molecular formula is C15H23NO3S. The predicted molar refractivity (Wildman–Crippen MR) is 80.6 cm³/mol. The van der Waals surface area contributed by atoms with Gasteiger partial charge in [-0.15, -0.1) is 0 Å². The van der Waals surface area contributed by atoms with Crippen LogP contribution in [0, 0.1) is 0 Å². The van der Waals surface area contributed by atoms with Gasteiger partial charge in [0.1, 0.15) is 9.84 Å². The van der Waals surface area contributed by atoms with Crippen molar-refractivity contribution in [2.45, 2.75) is 31.9 Å². The number of ether oxygens (including phenoxy) is 1. The van der Waals surface area contributed by atoms with Gasteiger partial charge >= 0.3 is 0 Å². The average Bonchev–Trinajstić information content (AvgIpc) is 2.42. The molecule has 0 fully saturated rings. The van der Waals surface area contributed by atoms with Crippen LogP contribution >= 0.6 is 0 Å². The first-order valence-corrected chi connectivity index (χ1v) is 9.18. The molecule has 1 heterocycles. The molecule has 0 bridgehead atoms. The lowest BCUT2D eigenvalue weighted by molar-refractivity contribution is 0.0150. The fourth-order valence-electron chi connectivity index (χ4n) is 2.72. The van der Waals surface area contributed by atoms with Gasteiger partial charge in [0.2, 0.25) is 0 Å². The quantitative estimate of drug-likeness (QED) is 0.868. The van der Waals surface area contributed by atoms with Crippen molar-refractivity contribution in [3.8, 4) is 0 Å². The van der Waals surface area contributed by atoms with E-state index in [-0.39, 0.29) is 17.9 Å². The zero-order valence-electron chi connectivity index (χ0n) is 12.1. The smallest absolute Gasteiger partial charge is 0.147 e. The number of fused-ring (bicyclic) bond motifs is 1. The molecule has 0 spiro atoms. The molecule has 1 aromatic carbocycles. The lowest BCUT2D eigenvalue weighted by Gasteiger charge is -2.33. The summed E-state index contributed by atoms with van der Waals surface area (Å²) in [7, 11) is -2.95. The van der Waals surface area contributed by atoms with Gasteiger partial charge < -0.3 is 10.1 Å². The minimum atomic E-state index is -2.95. The van der Waals surface area contributed by atoms with Gasteiger partial charge in [-0.2, -0.15) is 0 Å². The number of hydrogen-bond donors (Lipinski definition) is 1. The molecule has 0 aliphatic carbocycles. The standard InChI is InChI=1S/C15H23NO3S/c1-3-16-14(9-11-20(2,17)18)15-13-7-5-4-6-12(13)8-10-19-15/h4-7,14-16H,3,8-11H2,1-2H3. The molecule has 1 aliphatic heterocycles. The van der Waals surface area contributed by atoms with Crippen LogP contribution < -0.4 is 5.32 Å². The fourth-order valence-corrected chi connectivity index (χ4v) is 3.40. The zero-order valence-corrected chi connectivity index (χ0v) is 12.9. The molecule has 20 heavy (non-hydrogen) atoms. The molecule has 1 aromatic rings. The first kappa shape index (κ1) is 15.5. The van der Waals surface area contributed by atoms with E-state index >= 15 is 0 Å². The SMILES string of the molecule is CCNC(CCS(C)(=O)=O)C1OCCc2ccccc21. The molecule has 5 heteroatoms. The van der Waals surface area contributed by atoms with E-state index in [0.29, 0.717) is 13.0 Å². The number of likely N-dealkylation sites (N-methyl/N-ethyl adjacent to an activating group) is 1. The van der Waals surface area contributed by atoms with Crippen LogP contribution in [0.3, 0.4) is 0 Å². The second-order valence-electron chi connectivity index (χ2n) is 5.32. The maximum atomic E-state index is 11.4. The Morgan fingerprint density at radius 1 is 1.40 bits per heavy atom. The van der Waals surface area contributed by atoms with Gasteiger partial charge in [-0.3, -0.25) is 0 Å². The van der Waals surface area contributed by atoms with Gasteiger partial charge in [0.25, 0.3) is 0 Å². The van der Waals surface area contributed by atoms with Crippen molar-refractivity contribution < 1.29 is 13.2 Å². The van der Waals surface area contributed by atoms with Gasteiger partial charge in [-0.05, 0) is 30.5 Å². The van der Waals surface area contributed by atoms with E-state index in [9.17, 15) is 8.42 Å².